The number of hydrogen-bond acceptors (Lipinski definition) is 5. The lowest BCUT2D eigenvalue weighted by atomic mass is 9.87. The number of aliphatic hydroxyl groups is 1. The van der Waals surface area contributed by atoms with Crippen LogP contribution in [0.5, 0.6) is 0 Å². The third-order valence-electron chi connectivity index (χ3n) is 5.80. The molecule has 4 aromatic rings. The van der Waals surface area contributed by atoms with E-state index in [1.807, 2.05) is 30.3 Å². The highest BCUT2D eigenvalue weighted by Crippen LogP contribution is 2.46. The van der Waals surface area contributed by atoms with Crippen molar-refractivity contribution in [1.82, 2.24) is 4.98 Å². The predicted octanol–water partition coefficient (Wildman–Crippen LogP) is 3.32. The van der Waals surface area contributed by atoms with Gasteiger partial charge in [0.1, 0.15) is 0 Å². The maximum absolute atomic E-state index is 13.6. The summed E-state index contributed by atoms with van der Waals surface area (Å²) in [7, 11) is -3.91. The fraction of sp³-hybridized carbons (Fsp3) is 0.0833. The highest BCUT2D eigenvalue weighted by molar-refractivity contribution is 7.89. The Bertz CT molecular complexity index is 1520. The van der Waals surface area contributed by atoms with Gasteiger partial charge in [-0.3, -0.25) is 9.78 Å². The summed E-state index contributed by atoms with van der Waals surface area (Å²) in [5, 5.41) is 18.2. The zero-order valence-electron chi connectivity index (χ0n) is 17.1. The number of amides is 1. The number of carbonyl (C=O) groups excluding carboxylic acids is 1. The molecule has 5 rings (SSSR count). The highest BCUT2D eigenvalue weighted by Gasteiger charge is 2.51. The zero-order valence-corrected chi connectivity index (χ0v) is 18.7. The number of hydrogen-bond donors (Lipinski definition) is 2. The second kappa shape index (κ2) is 7.64. The van der Waals surface area contributed by atoms with Crippen molar-refractivity contribution in [3.8, 4) is 0 Å². The fourth-order valence-corrected chi connectivity index (χ4v) is 4.86. The second-order valence-electron chi connectivity index (χ2n) is 7.86. The van der Waals surface area contributed by atoms with Gasteiger partial charge in [-0.25, -0.2) is 13.6 Å². The largest absolute Gasteiger partial charge is 0.372 e. The van der Waals surface area contributed by atoms with E-state index >= 15 is 0 Å². The van der Waals surface area contributed by atoms with Crippen molar-refractivity contribution in [2.75, 3.05) is 4.90 Å². The van der Waals surface area contributed by atoms with E-state index in [1.165, 1.54) is 29.2 Å². The molecule has 166 valence electrons. The molecule has 1 aliphatic rings. The quantitative estimate of drug-likeness (QED) is 0.466. The van der Waals surface area contributed by atoms with Gasteiger partial charge in [0.15, 0.2) is 5.60 Å². The van der Waals surface area contributed by atoms with Gasteiger partial charge in [0.25, 0.3) is 5.91 Å². The normalized spacial score (nSPS) is 18.0. The fourth-order valence-electron chi connectivity index (χ4n) is 4.18. The minimum absolute atomic E-state index is 0.113. The van der Waals surface area contributed by atoms with E-state index in [9.17, 15) is 18.3 Å². The molecule has 2 heterocycles. The van der Waals surface area contributed by atoms with Crippen molar-refractivity contribution < 1.29 is 18.3 Å². The summed E-state index contributed by atoms with van der Waals surface area (Å²) in [5.74, 6) is -0.561. The van der Waals surface area contributed by atoms with Gasteiger partial charge in [-0.2, -0.15) is 0 Å². The molecular formula is C24H18ClN3O4S. The van der Waals surface area contributed by atoms with Crippen LogP contribution in [0.4, 0.5) is 5.69 Å². The van der Waals surface area contributed by atoms with Gasteiger partial charge >= 0.3 is 0 Å². The van der Waals surface area contributed by atoms with Crippen molar-refractivity contribution >= 4 is 44.1 Å². The molecule has 9 heteroatoms. The minimum atomic E-state index is -3.91. The molecule has 3 N–H and O–H groups in total. The van der Waals surface area contributed by atoms with Crippen LogP contribution in [-0.2, 0) is 27.0 Å². The van der Waals surface area contributed by atoms with Gasteiger partial charge in [-0.05, 0) is 53.6 Å². The first-order valence-corrected chi connectivity index (χ1v) is 11.9. The van der Waals surface area contributed by atoms with Crippen molar-refractivity contribution in [2.45, 2.75) is 17.0 Å². The lowest BCUT2D eigenvalue weighted by Crippen LogP contribution is -2.40. The molecule has 1 unspecified atom stereocenters. The van der Waals surface area contributed by atoms with Crippen LogP contribution in [0.2, 0.25) is 5.02 Å². The molecule has 0 bridgehead atoms. The molecule has 0 spiro atoms. The van der Waals surface area contributed by atoms with Gasteiger partial charge in [0.2, 0.25) is 10.0 Å². The monoisotopic (exact) mass is 479 g/mol. The van der Waals surface area contributed by atoms with Gasteiger partial charge < -0.3 is 10.0 Å². The number of pyridine rings is 1. The number of nitrogens with two attached hydrogens (primary N) is 1. The van der Waals surface area contributed by atoms with Crippen LogP contribution < -0.4 is 10.0 Å². The van der Waals surface area contributed by atoms with Crippen LogP contribution in [0.15, 0.2) is 83.9 Å². The molecule has 33 heavy (non-hydrogen) atoms. The lowest BCUT2D eigenvalue weighted by molar-refractivity contribution is -0.132. The van der Waals surface area contributed by atoms with E-state index in [0.717, 1.165) is 16.5 Å². The molecule has 3 aromatic carbocycles. The standard InChI is InChI=1S/C24H18ClN3O4S/c25-18-6-9-20-22(13-18)28(14-15-3-10-21-16(12-15)2-1-11-27-21)23(29)24(20,30)17-4-7-19(8-5-17)33(26,31)32/h1-13,30H,14H2,(H2,26,31,32). The van der Waals surface area contributed by atoms with Crippen molar-refractivity contribution in [2.24, 2.45) is 5.14 Å². The van der Waals surface area contributed by atoms with E-state index < -0.39 is 21.5 Å². The summed E-state index contributed by atoms with van der Waals surface area (Å²) in [5.41, 5.74) is 0.760. The Morgan fingerprint density at radius 1 is 1.03 bits per heavy atom. The van der Waals surface area contributed by atoms with Crippen LogP contribution in [0.25, 0.3) is 10.9 Å². The summed E-state index contributed by atoms with van der Waals surface area (Å²) < 4.78 is 23.2. The first-order valence-electron chi connectivity index (χ1n) is 9.99. The van der Waals surface area contributed by atoms with Crippen molar-refractivity contribution in [3.63, 3.8) is 0 Å². The molecule has 1 aromatic heterocycles. The van der Waals surface area contributed by atoms with E-state index in [0.29, 0.717) is 16.3 Å². The number of rotatable bonds is 4. The van der Waals surface area contributed by atoms with Crippen LogP contribution in [0.1, 0.15) is 16.7 Å². The number of halogens is 1. The number of carbonyl (C=O) groups is 1. The minimum Gasteiger partial charge on any atom is -0.372 e. The van der Waals surface area contributed by atoms with E-state index in [4.69, 9.17) is 16.7 Å². The maximum atomic E-state index is 13.6. The van der Waals surface area contributed by atoms with Gasteiger partial charge in [-0.1, -0.05) is 41.9 Å². The number of aromatic nitrogens is 1. The van der Waals surface area contributed by atoms with Gasteiger partial charge in [0.05, 0.1) is 22.6 Å². The maximum Gasteiger partial charge on any atom is 0.268 e. The number of benzene rings is 3. The van der Waals surface area contributed by atoms with Crippen LogP contribution in [0, 0.1) is 0 Å². The molecule has 1 amide bonds. The summed E-state index contributed by atoms with van der Waals surface area (Å²) in [6.07, 6.45) is 1.71. The smallest absolute Gasteiger partial charge is 0.268 e. The Labute approximate surface area is 195 Å². The topological polar surface area (TPSA) is 114 Å². The number of fused-ring (bicyclic) bond motifs is 2. The van der Waals surface area contributed by atoms with Gasteiger partial charge in [-0.15, -0.1) is 0 Å². The third-order valence-corrected chi connectivity index (χ3v) is 6.97. The summed E-state index contributed by atoms with van der Waals surface area (Å²) in [6.45, 7) is 0.203. The lowest BCUT2D eigenvalue weighted by Gasteiger charge is -2.24. The molecule has 0 saturated heterocycles. The van der Waals surface area contributed by atoms with E-state index in [2.05, 4.69) is 4.98 Å². The average Bonchev–Trinajstić information content (AvgIpc) is 3.00. The number of nitrogens with zero attached hydrogens (tertiary/aromatic N) is 2. The molecule has 7 nitrogen and oxygen atoms in total. The molecule has 0 aliphatic carbocycles. The Hall–Kier alpha value is -3.30. The zero-order chi connectivity index (χ0) is 23.4. The molecule has 1 atom stereocenters. The summed E-state index contributed by atoms with van der Waals surface area (Å²) in [6, 6.07) is 19.6. The van der Waals surface area contributed by atoms with Crippen LogP contribution in [-0.4, -0.2) is 24.4 Å². The Morgan fingerprint density at radius 2 is 1.79 bits per heavy atom. The first kappa shape index (κ1) is 21.5. The Morgan fingerprint density at radius 3 is 2.52 bits per heavy atom. The average molecular weight is 480 g/mol. The number of sulfonamides is 1. The molecule has 0 saturated carbocycles. The van der Waals surface area contributed by atoms with Crippen LogP contribution in [0.3, 0.4) is 0 Å². The molecular weight excluding hydrogens is 462 g/mol. The highest BCUT2D eigenvalue weighted by atomic mass is 35.5. The third kappa shape index (κ3) is 3.57. The Balaban J connectivity index is 1.59. The predicted molar refractivity (Wildman–Crippen MR) is 125 cm³/mol. The SMILES string of the molecule is NS(=O)(=O)c1ccc(C2(O)C(=O)N(Cc3ccc4ncccc4c3)c3cc(Cl)ccc32)cc1. The molecule has 0 fully saturated rings. The van der Waals surface area contributed by atoms with E-state index in [-0.39, 0.29) is 17.0 Å². The second-order valence-corrected chi connectivity index (χ2v) is 9.86. The molecule has 0 radical (unpaired) electrons. The van der Waals surface area contributed by atoms with Gasteiger partial charge in [0, 0.05) is 22.2 Å². The van der Waals surface area contributed by atoms with Crippen molar-refractivity contribution in [3.05, 3.63) is 101 Å². The molecule has 1 aliphatic heterocycles. The summed E-state index contributed by atoms with van der Waals surface area (Å²) >= 11 is 6.22. The number of anilines is 1. The van der Waals surface area contributed by atoms with E-state index in [1.54, 1.807) is 24.4 Å². The van der Waals surface area contributed by atoms with Crippen molar-refractivity contribution in [1.29, 1.82) is 0 Å². The Kier molecular flexibility index (Phi) is 4.98. The summed E-state index contributed by atoms with van der Waals surface area (Å²) in [4.78, 5) is 19.3. The number of primary sulfonamides is 1. The van der Waals surface area contributed by atoms with Crippen LogP contribution >= 0.6 is 11.6 Å². The first-order chi connectivity index (χ1) is 15.7.